The molecule has 0 aliphatic carbocycles. The van der Waals surface area contributed by atoms with Crippen molar-refractivity contribution in [3.8, 4) is 56.0 Å². The summed E-state index contributed by atoms with van der Waals surface area (Å²) in [6.07, 6.45) is 0. The van der Waals surface area contributed by atoms with E-state index >= 15 is 0 Å². The molecule has 9 aromatic rings. The molecule has 238 valence electrons. The molecule has 0 aromatic heterocycles. The third kappa shape index (κ3) is 5.05. The summed E-state index contributed by atoms with van der Waals surface area (Å²) in [4.78, 5) is 0. The second-order valence-corrected chi connectivity index (χ2v) is 12.8. The molecule has 2 heteroatoms. The summed E-state index contributed by atoms with van der Waals surface area (Å²) in [5.41, 5.74) is 9.52. The SMILES string of the molecule is COc1ccc(-c2c3ccc(-c4cccc5ccccc45)cc3c(-c3ccc(OC)cc3)c3ccc(-c4ccc5ccccc5c4)cc23)cc1. The first-order valence-electron chi connectivity index (χ1n) is 17.0. The zero-order chi connectivity index (χ0) is 33.6. The van der Waals surface area contributed by atoms with Gasteiger partial charge in [0.2, 0.25) is 0 Å². The fourth-order valence-corrected chi connectivity index (χ4v) is 7.56. The first kappa shape index (κ1) is 29.7. The first-order valence-corrected chi connectivity index (χ1v) is 17.0. The second-order valence-electron chi connectivity index (χ2n) is 12.8. The van der Waals surface area contributed by atoms with Crippen LogP contribution in [0.5, 0.6) is 11.5 Å². The van der Waals surface area contributed by atoms with E-state index in [1.807, 2.05) is 0 Å². The maximum absolute atomic E-state index is 5.58. The van der Waals surface area contributed by atoms with Crippen molar-refractivity contribution in [3.05, 3.63) is 170 Å². The second kappa shape index (κ2) is 12.3. The molecule has 0 saturated carbocycles. The van der Waals surface area contributed by atoms with Crippen LogP contribution in [-0.4, -0.2) is 14.2 Å². The van der Waals surface area contributed by atoms with Crippen LogP contribution in [0.3, 0.4) is 0 Å². The molecule has 50 heavy (non-hydrogen) atoms. The van der Waals surface area contributed by atoms with E-state index in [-0.39, 0.29) is 0 Å². The van der Waals surface area contributed by atoms with Crippen LogP contribution < -0.4 is 9.47 Å². The molecule has 2 nitrogen and oxygen atoms in total. The Balaban J connectivity index is 1.39. The number of ether oxygens (including phenoxy) is 2. The molecule has 0 spiro atoms. The molecule has 0 atom stereocenters. The molecular formula is C48H34O2. The van der Waals surface area contributed by atoms with Gasteiger partial charge in [-0.25, -0.2) is 0 Å². The molecule has 0 radical (unpaired) electrons. The highest BCUT2D eigenvalue weighted by atomic mass is 16.5. The minimum absolute atomic E-state index is 0.840. The van der Waals surface area contributed by atoms with Crippen molar-refractivity contribution in [1.82, 2.24) is 0 Å². The molecule has 0 aliphatic rings. The van der Waals surface area contributed by atoms with Crippen LogP contribution in [0.4, 0.5) is 0 Å². The van der Waals surface area contributed by atoms with E-state index in [2.05, 4.69) is 170 Å². The Morgan fingerprint density at radius 3 is 1.42 bits per heavy atom. The number of fused-ring (bicyclic) bond motifs is 4. The highest BCUT2D eigenvalue weighted by molar-refractivity contribution is 6.22. The molecule has 0 fully saturated rings. The summed E-state index contributed by atoms with van der Waals surface area (Å²) in [6.45, 7) is 0. The van der Waals surface area contributed by atoms with Crippen LogP contribution in [0.2, 0.25) is 0 Å². The van der Waals surface area contributed by atoms with Crippen molar-refractivity contribution >= 4 is 43.1 Å². The van der Waals surface area contributed by atoms with Gasteiger partial charge in [-0.2, -0.15) is 0 Å². The lowest BCUT2D eigenvalue weighted by molar-refractivity contribution is 0.415. The van der Waals surface area contributed by atoms with Gasteiger partial charge in [-0.15, -0.1) is 0 Å². The predicted octanol–water partition coefficient (Wildman–Crippen LogP) is 13.0. The maximum Gasteiger partial charge on any atom is 0.118 e. The average molecular weight is 643 g/mol. The van der Waals surface area contributed by atoms with E-state index < -0.39 is 0 Å². The van der Waals surface area contributed by atoms with Gasteiger partial charge >= 0.3 is 0 Å². The third-order valence-corrected chi connectivity index (χ3v) is 10.1. The molecule has 0 aliphatic heterocycles. The largest absolute Gasteiger partial charge is 0.497 e. The molecule has 0 unspecified atom stereocenters. The predicted molar refractivity (Wildman–Crippen MR) is 211 cm³/mol. The van der Waals surface area contributed by atoms with Crippen molar-refractivity contribution < 1.29 is 9.47 Å². The third-order valence-electron chi connectivity index (χ3n) is 10.1. The maximum atomic E-state index is 5.58. The Bertz CT molecular complexity index is 2700. The summed E-state index contributed by atoms with van der Waals surface area (Å²) in [5, 5.41) is 9.77. The molecule has 9 aromatic carbocycles. The molecule has 0 bridgehead atoms. The topological polar surface area (TPSA) is 18.5 Å². The normalized spacial score (nSPS) is 11.4. The van der Waals surface area contributed by atoms with Crippen LogP contribution in [0, 0.1) is 0 Å². The summed E-state index contributed by atoms with van der Waals surface area (Å²) in [7, 11) is 3.43. The fourth-order valence-electron chi connectivity index (χ4n) is 7.56. The molecule has 0 amide bonds. The molecule has 0 heterocycles. The van der Waals surface area contributed by atoms with Crippen molar-refractivity contribution in [2.24, 2.45) is 0 Å². The van der Waals surface area contributed by atoms with Crippen LogP contribution >= 0.6 is 0 Å². The van der Waals surface area contributed by atoms with Gasteiger partial charge in [0.05, 0.1) is 14.2 Å². The van der Waals surface area contributed by atoms with Crippen LogP contribution in [-0.2, 0) is 0 Å². The molecule has 9 rings (SSSR count). The van der Waals surface area contributed by atoms with Gasteiger partial charge in [-0.3, -0.25) is 0 Å². The Morgan fingerprint density at radius 2 is 0.780 bits per heavy atom. The van der Waals surface area contributed by atoms with Crippen molar-refractivity contribution in [1.29, 1.82) is 0 Å². The van der Waals surface area contributed by atoms with Crippen molar-refractivity contribution in [3.63, 3.8) is 0 Å². The minimum atomic E-state index is 0.840. The lowest BCUT2D eigenvalue weighted by Gasteiger charge is -2.20. The first-order chi connectivity index (χ1) is 24.7. The van der Waals surface area contributed by atoms with Gasteiger partial charge in [0, 0.05) is 0 Å². The summed E-state index contributed by atoms with van der Waals surface area (Å²) in [5.74, 6) is 1.68. The monoisotopic (exact) mass is 642 g/mol. The van der Waals surface area contributed by atoms with Crippen molar-refractivity contribution in [2.45, 2.75) is 0 Å². The highest BCUT2D eigenvalue weighted by Crippen LogP contribution is 2.47. The van der Waals surface area contributed by atoms with E-state index in [1.54, 1.807) is 14.2 Å². The van der Waals surface area contributed by atoms with Crippen LogP contribution in [0.15, 0.2) is 170 Å². The van der Waals surface area contributed by atoms with E-state index in [9.17, 15) is 0 Å². The number of rotatable bonds is 6. The Morgan fingerprint density at radius 1 is 0.300 bits per heavy atom. The van der Waals surface area contributed by atoms with Gasteiger partial charge in [-0.05, 0) is 130 Å². The standard InChI is InChI=1S/C48H34O2/c1-49-39-22-16-33(17-23-39)47-44-27-21-38(42-13-7-11-32-9-5-6-12-41(32)42)30-46(44)48(34-18-24-40(50-2)25-19-34)43-26-20-37(29-45(43)47)36-15-14-31-8-3-4-10-35(31)28-36/h3-30H,1-2H3. The summed E-state index contributed by atoms with van der Waals surface area (Å²) >= 11 is 0. The Kier molecular flexibility index (Phi) is 7.29. The molecule has 0 N–H and O–H groups in total. The Labute approximate surface area is 291 Å². The fraction of sp³-hybridized carbons (Fsp3) is 0.0417. The molecular weight excluding hydrogens is 609 g/mol. The summed E-state index contributed by atoms with van der Waals surface area (Å²) < 4.78 is 11.2. The van der Waals surface area contributed by atoms with Crippen LogP contribution in [0.25, 0.3) is 87.6 Å². The van der Waals surface area contributed by atoms with Gasteiger partial charge in [0.25, 0.3) is 0 Å². The lowest BCUT2D eigenvalue weighted by atomic mass is 9.83. The quantitative estimate of drug-likeness (QED) is 0.168. The summed E-state index contributed by atoms with van der Waals surface area (Å²) in [6, 6.07) is 61.4. The lowest BCUT2D eigenvalue weighted by Crippen LogP contribution is -1.93. The number of hydrogen-bond acceptors (Lipinski definition) is 2. The highest BCUT2D eigenvalue weighted by Gasteiger charge is 2.19. The number of methoxy groups -OCH3 is 2. The number of benzene rings is 9. The zero-order valence-corrected chi connectivity index (χ0v) is 28.0. The minimum Gasteiger partial charge on any atom is -0.497 e. The van der Waals surface area contributed by atoms with Crippen molar-refractivity contribution in [2.75, 3.05) is 14.2 Å². The van der Waals surface area contributed by atoms with Gasteiger partial charge in [0.1, 0.15) is 11.5 Å². The average Bonchev–Trinajstić information content (AvgIpc) is 3.19. The number of hydrogen-bond donors (Lipinski definition) is 0. The van der Waals surface area contributed by atoms with Crippen LogP contribution in [0.1, 0.15) is 0 Å². The smallest absolute Gasteiger partial charge is 0.118 e. The van der Waals surface area contributed by atoms with E-state index in [4.69, 9.17) is 9.47 Å². The van der Waals surface area contributed by atoms with E-state index in [1.165, 1.54) is 76.5 Å². The molecule has 0 saturated heterocycles. The van der Waals surface area contributed by atoms with Gasteiger partial charge in [-0.1, -0.05) is 127 Å². The van der Waals surface area contributed by atoms with Gasteiger partial charge < -0.3 is 9.47 Å². The van der Waals surface area contributed by atoms with Gasteiger partial charge in [0.15, 0.2) is 0 Å². The van der Waals surface area contributed by atoms with E-state index in [0.717, 1.165) is 22.6 Å². The zero-order valence-electron chi connectivity index (χ0n) is 28.0. The van der Waals surface area contributed by atoms with E-state index in [0.29, 0.717) is 0 Å². The Hall–Kier alpha value is -6.38.